The van der Waals surface area contributed by atoms with E-state index in [-0.39, 0.29) is 0 Å². The molecule has 0 saturated carbocycles. The summed E-state index contributed by atoms with van der Waals surface area (Å²) in [6.07, 6.45) is 0. The summed E-state index contributed by atoms with van der Waals surface area (Å²) in [7, 11) is 1.83. The van der Waals surface area contributed by atoms with Gasteiger partial charge in [0.15, 0.2) is 5.82 Å². The fourth-order valence-corrected chi connectivity index (χ4v) is 2.30. The summed E-state index contributed by atoms with van der Waals surface area (Å²) in [5, 5.41) is 9.63. The molecular formula is C13H15N3O2S. The first-order valence-corrected chi connectivity index (χ1v) is 6.68. The van der Waals surface area contributed by atoms with E-state index in [0.717, 1.165) is 10.7 Å². The van der Waals surface area contributed by atoms with Crippen LogP contribution in [-0.2, 0) is 4.79 Å². The third-order valence-electron chi connectivity index (χ3n) is 2.74. The minimum Gasteiger partial charge on any atom is -0.481 e. The van der Waals surface area contributed by atoms with E-state index in [2.05, 4.69) is 9.36 Å². The first-order valence-electron chi connectivity index (χ1n) is 5.91. The maximum absolute atomic E-state index is 10.8. The van der Waals surface area contributed by atoms with Crippen LogP contribution >= 0.6 is 11.5 Å². The minimum atomic E-state index is -0.806. The van der Waals surface area contributed by atoms with Crippen LogP contribution in [0.4, 0.5) is 5.13 Å². The van der Waals surface area contributed by atoms with Crippen LogP contribution < -0.4 is 4.90 Å². The number of carboxylic acids is 1. The van der Waals surface area contributed by atoms with Crippen LogP contribution in [0.5, 0.6) is 0 Å². The van der Waals surface area contributed by atoms with E-state index >= 15 is 0 Å². The zero-order valence-corrected chi connectivity index (χ0v) is 11.6. The molecule has 0 fully saturated rings. The second-order valence-corrected chi connectivity index (χ2v) is 5.12. The van der Waals surface area contributed by atoms with Gasteiger partial charge in [-0.15, -0.1) is 0 Å². The summed E-state index contributed by atoms with van der Waals surface area (Å²) in [6, 6.07) is 9.72. The summed E-state index contributed by atoms with van der Waals surface area (Å²) in [4.78, 5) is 17.1. The Balaban J connectivity index is 2.11. The van der Waals surface area contributed by atoms with Gasteiger partial charge in [0.05, 0.1) is 5.92 Å². The third-order valence-corrected chi connectivity index (χ3v) is 3.57. The van der Waals surface area contributed by atoms with Gasteiger partial charge in [-0.3, -0.25) is 4.79 Å². The number of aliphatic carboxylic acids is 1. The number of carbonyl (C=O) groups is 1. The number of carboxylic acid groups (broad SMARTS) is 1. The molecule has 0 aliphatic rings. The Bertz CT molecular complexity index is 556. The zero-order chi connectivity index (χ0) is 13.8. The largest absolute Gasteiger partial charge is 0.481 e. The average molecular weight is 277 g/mol. The predicted octanol–water partition coefficient (Wildman–Crippen LogP) is 2.36. The molecule has 100 valence electrons. The van der Waals surface area contributed by atoms with Gasteiger partial charge in [-0.25, -0.2) is 0 Å². The van der Waals surface area contributed by atoms with Crippen molar-refractivity contribution in [3.8, 4) is 11.4 Å². The van der Waals surface area contributed by atoms with Gasteiger partial charge in [0, 0.05) is 30.7 Å². The number of anilines is 1. The predicted molar refractivity (Wildman–Crippen MR) is 75.4 cm³/mol. The maximum atomic E-state index is 10.8. The van der Waals surface area contributed by atoms with Crippen LogP contribution in [-0.4, -0.2) is 34.0 Å². The smallest absolute Gasteiger partial charge is 0.308 e. The Labute approximate surface area is 115 Å². The van der Waals surface area contributed by atoms with Gasteiger partial charge in [0.2, 0.25) is 5.13 Å². The van der Waals surface area contributed by atoms with Crippen LogP contribution in [0.2, 0.25) is 0 Å². The van der Waals surface area contributed by atoms with Crippen LogP contribution in [0, 0.1) is 5.92 Å². The van der Waals surface area contributed by atoms with E-state index in [0.29, 0.717) is 12.4 Å². The van der Waals surface area contributed by atoms with Gasteiger partial charge in [0.1, 0.15) is 0 Å². The van der Waals surface area contributed by atoms with Crippen molar-refractivity contribution in [2.75, 3.05) is 18.5 Å². The highest BCUT2D eigenvalue weighted by molar-refractivity contribution is 7.09. The number of nitrogens with zero attached hydrogens (tertiary/aromatic N) is 3. The zero-order valence-electron chi connectivity index (χ0n) is 10.8. The monoisotopic (exact) mass is 277 g/mol. The average Bonchev–Trinajstić information content (AvgIpc) is 2.89. The molecule has 2 aromatic rings. The highest BCUT2D eigenvalue weighted by Crippen LogP contribution is 2.23. The van der Waals surface area contributed by atoms with E-state index in [1.54, 1.807) is 6.92 Å². The molecule has 6 heteroatoms. The van der Waals surface area contributed by atoms with Crippen molar-refractivity contribution in [2.24, 2.45) is 5.92 Å². The van der Waals surface area contributed by atoms with Crippen molar-refractivity contribution in [3.63, 3.8) is 0 Å². The molecule has 0 saturated heterocycles. The van der Waals surface area contributed by atoms with Crippen molar-refractivity contribution in [1.29, 1.82) is 0 Å². The summed E-state index contributed by atoms with van der Waals surface area (Å²) in [5.74, 6) is -0.566. The summed E-state index contributed by atoms with van der Waals surface area (Å²) in [6.45, 7) is 2.09. The topological polar surface area (TPSA) is 66.3 Å². The van der Waals surface area contributed by atoms with Crippen LogP contribution in [0.25, 0.3) is 11.4 Å². The molecule has 0 aliphatic carbocycles. The van der Waals surface area contributed by atoms with Gasteiger partial charge in [-0.1, -0.05) is 37.3 Å². The van der Waals surface area contributed by atoms with Crippen molar-refractivity contribution in [1.82, 2.24) is 9.36 Å². The lowest BCUT2D eigenvalue weighted by molar-refractivity contribution is -0.140. The summed E-state index contributed by atoms with van der Waals surface area (Å²) in [5.41, 5.74) is 0.963. The van der Waals surface area contributed by atoms with Gasteiger partial charge in [-0.05, 0) is 0 Å². The van der Waals surface area contributed by atoms with Gasteiger partial charge < -0.3 is 10.0 Å². The molecule has 19 heavy (non-hydrogen) atoms. The molecule has 5 nitrogen and oxygen atoms in total. The van der Waals surface area contributed by atoms with Crippen LogP contribution in [0.3, 0.4) is 0 Å². The Morgan fingerprint density at radius 1 is 1.42 bits per heavy atom. The van der Waals surface area contributed by atoms with Crippen LogP contribution in [0.1, 0.15) is 6.92 Å². The minimum absolute atomic E-state index is 0.415. The van der Waals surface area contributed by atoms with Gasteiger partial charge in [0.25, 0.3) is 0 Å². The molecule has 1 unspecified atom stereocenters. The SMILES string of the molecule is CC(CN(C)c1nc(-c2ccccc2)ns1)C(=O)O. The first kappa shape index (κ1) is 13.5. The molecule has 1 heterocycles. The van der Waals surface area contributed by atoms with Crippen LogP contribution in [0.15, 0.2) is 30.3 Å². The summed E-state index contributed by atoms with van der Waals surface area (Å²) < 4.78 is 4.30. The quantitative estimate of drug-likeness (QED) is 0.908. The first-order chi connectivity index (χ1) is 9.08. The summed E-state index contributed by atoms with van der Waals surface area (Å²) >= 11 is 1.28. The standard InChI is InChI=1S/C13H15N3O2S/c1-9(12(17)18)8-16(2)13-14-11(15-19-13)10-6-4-3-5-7-10/h3-7,9H,8H2,1-2H3,(H,17,18). The Morgan fingerprint density at radius 2 is 2.11 bits per heavy atom. The Hall–Kier alpha value is -1.95. The lowest BCUT2D eigenvalue weighted by Gasteiger charge is -2.17. The number of hydrogen-bond donors (Lipinski definition) is 1. The van der Waals surface area contributed by atoms with Gasteiger partial charge in [-0.2, -0.15) is 9.36 Å². The lowest BCUT2D eigenvalue weighted by atomic mass is 10.2. The molecule has 1 atom stereocenters. The van der Waals surface area contributed by atoms with E-state index in [1.807, 2.05) is 42.3 Å². The number of benzene rings is 1. The van der Waals surface area contributed by atoms with Gasteiger partial charge >= 0.3 is 5.97 Å². The molecule has 0 amide bonds. The van der Waals surface area contributed by atoms with Crippen molar-refractivity contribution in [2.45, 2.75) is 6.92 Å². The van der Waals surface area contributed by atoms with E-state index in [4.69, 9.17) is 5.11 Å². The normalized spacial score (nSPS) is 12.1. The Kier molecular flexibility index (Phi) is 4.11. The van der Waals surface area contributed by atoms with E-state index in [1.165, 1.54) is 11.5 Å². The number of aromatic nitrogens is 2. The third kappa shape index (κ3) is 3.29. The maximum Gasteiger partial charge on any atom is 0.308 e. The number of hydrogen-bond acceptors (Lipinski definition) is 5. The van der Waals surface area contributed by atoms with Crippen molar-refractivity contribution in [3.05, 3.63) is 30.3 Å². The molecule has 1 aromatic carbocycles. The molecular weight excluding hydrogens is 262 g/mol. The number of rotatable bonds is 5. The molecule has 2 rings (SSSR count). The molecule has 1 aromatic heterocycles. The Morgan fingerprint density at radius 3 is 2.74 bits per heavy atom. The second kappa shape index (κ2) is 5.79. The molecule has 1 N–H and O–H groups in total. The van der Waals surface area contributed by atoms with E-state index < -0.39 is 11.9 Å². The van der Waals surface area contributed by atoms with Crippen molar-refractivity contribution >= 4 is 22.6 Å². The fourth-order valence-electron chi connectivity index (χ4n) is 1.64. The highest BCUT2D eigenvalue weighted by atomic mass is 32.1. The van der Waals surface area contributed by atoms with E-state index in [9.17, 15) is 4.79 Å². The second-order valence-electron chi connectivity index (χ2n) is 4.39. The highest BCUT2D eigenvalue weighted by Gasteiger charge is 2.16. The van der Waals surface area contributed by atoms with Crippen molar-refractivity contribution < 1.29 is 9.90 Å². The lowest BCUT2D eigenvalue weighted by Crippen LogP contribution is -2.28. The molecule has 0 bridgehead atoms. The molecule has 0 aliphatic heterocycles. The fraction of sp³-hybridized carbons (Fsp3) is 0.308. The molecule has 0 radical (unpaired) electrons. The molecule has 0 spiro atoms.